The number of amides is 1. The Labute approximate surface area is 167 Å². The number of rotatable bonds is 2. The maximum Gasteiger partial charge on any atom is 0.274 e. The van der Waals surface area contributed by atoms with Gasteiger partial charge in [-0.05, 0) is 29.7 Å². The molecule has 28 heavy (non-hydrogen) atoms. The minimum atomic E-state index is -0.0791. The summed E-state index contributed by atoms with van der Waals surface area (Å²) in [6, 6.07) is 8.26. The third-order valence-electron chi connectivity index (χ3n) is 5.37. The van der Waals surface area contributed by atoms with Gasteiger partial charge < -0.3 is 14.5 Å². The lowest BCUT2D eigenvalue weighted by atomic mass is 9.98. The van der Waals surface area contributed by atoms with Crippen LogP contribution in [0.25, 0.3) is 5.65 Å². The van der Waals surface area contributed by atoms with E-state index in [1.165, 1.54) is 16.8 Å². The zero-order chi connectivity index (χ0) is 19.1. The predicted molar refractivity (Wildman–Crippen MR) is 106 cm³/mol. The minimum absolute atomic E-state index is 0.0791. The SMILES string of the molecule is O=C(c1cc2ncc(Cl)cn2n1)N1CCc2cc(N3CCOCC3)ccc2C1. The molecule has 0 radical (unpaired) electrons. The van der Waals surface area contributed by atoms with E-state index in [2.05, 4.69) is 33.2 Å². The van der Waals surface area contributed by atoms with Crippen molar-refractivity contribution in [3.8, 4) is 0 Å². The number of aromatic nitrogens is 3. The van der Waals surface area contributed by atoms with Gasteiger partial charge in [0.2, 0.25) is 0 Å². The van der Waals surface area contributed by atoms with Gasteiger partial charge in [-0.3, -0.25) is 4.79 Å². The van der Waals surface area contributed by atoms with Crippen molar-refractivity contribution in [3.63, 3.8) is 0 Å². The molecule has 0 aliphatic carbocycles. The number of carbonyl (C=O) groups excluding carboxylic acids is 1. The first-order chi connectivity index (χ1) is 13.7. The summed E-state index contributed by atoms with van der Waals surface area (Å²) in [4.78, 5) is 21.4. The average Bonchev–Trinajstić information content (AvgIpc) is 3.16. The summed E-state index contributed by atoms with van der Waals surface area (Å²) in [5.74, 6) is -0.0791. The van der Waals surface area contributed by atoms with Gasteiger partial charge >= 0.3 is 0 Å². The molecule has 4 heterocycles. The highest BCUT2D eigenvalue weighted by Gasteiger charge is 2.25. The van der Waals surface area contributed by atoms with Crippen molar-refractivity contribution in [1.29, 1.82) is 0 Å². The molecule has 2 aliphatic heterocycles. The highest BCUT2D eigenvalue weighted by atomic mass is 35.5. The van der Waals surface area contributed by atoms with Crippen molar-refractivity contribution >= 4 is 28.8 Å². The Bertz CT molecular complexity index is 1040. The molecule has 0 N–H and O–H groups in total. The van der Waals surface area contributed by atoms with Crippen molar-refractivity contribution in [2.75, 3.05) is 37.7 Å². The third-order valence-corrected chi connectivity index (χ3v) is 5.56. The fourth-order valence-electron chi connectivity index (χ4n) is 3.85. The summed E-state index contributed by atoms with van der Waals surface area (Å²) >= 11 is 5.95. The molecule has 1 amide bonds. The summed E-state index contributed by atoms with van der Waals surface area (Å²) in [5.41, 5.74) is 4.76. The summed E-state index contributed by atoms with van der Waals surface area (Å²) in [6.07, 6.45) is 4.05. The van der Waals surface area contributed by atoms with Gasteiger partial charge in [-0.15, -0.1) is 0 Å². The Morgan fingerprint density at radius 1 is 1.11 bits per heavy atom. The molecular formula is C20H20ClN5O2. The smallest absolute Gasteiger partial charge is 0.274 e. The fraction of sp³-hybridized carbons (Fsp3) is 0.350. The van der Waals surface area contributed by atoms with Crippen molar-refractivity contribution in [3.05, 3.63) is 58.5 Å². The van der Waals surface area contributed by atoms with Crippen LogP contribution in [0, 0.1) is 0 Å². The summed E-state index contributed by atoms with van der Waals surface area (Å²) in [7, 11) is 0. The Balaban J connectivity index is 1.35. The van der Waals surface area contributed by atoms with Crippen LogP contribution in [0.2, 0.25) is 5.02 Å². The molecular weight excluding hydrogens is 378 g/mol. The predicted octanol–water partition coefficient (Wildman–Crippen LogP) is 2.42. The summed E-state index contributed by atoms with van der Waals surface area (Å²) < 4.78 is 6.98. The monoisotopic (exact) mass is 397 g/mol. The van der Waals surface area contributed by atoms with Gasteiger partial charge in [-0.25, -0.2) is 9.50 Å². The van der Waals surface area contributed by atoms with E-state index in [9.17, 15) is 4.79 Å². The average molecular weight is 398 g/mol. The number of fused-ring (bicyclic) bond motifs is 2. The maximum atomic E-state index is 12.9. The highest BCUT2D eigenvalue weighted by Crippen LogP contribution is 2.26. The van der Waals surface area contributed by atoms with Crippen LogP contribution in [0.3, 0.4) is 0 Å². The first-order valence-corrected chi connectivity index (χ1v) is 9.80. The molecule has 7 nitrogen and oxygen atoms in total. The lowest BCUT2D eigenvalue weighted by Gasteiger charge is -2.32. The van der Waals surface area contributed by atoms with Crippen molar-refractivity contribution < 1.29 is 9.53 Å². The van der Waals surface area contributed by atoms with Gasteiger partial charge in [0.05, 0.1) is 24.4 Å². The number of halogens is 1. The lowest BCUT2D eigenvalue weighted by Crippen LogP contribution is -2.37. The fourth-order valence-corrected chi connectivity index (χ4v) is 3.99. The number of nitrogens with zero attached hydrogens (tertiary/aromatic N) is 5. The minimum Gasteiger partial charge on any atom is -0.378 e. The van der Waals surface area contributed by atoms with E-state index in [0.717, 1.165) is 32.7 Å². The van der Waals surface area contributed by atoms with Crippen LogP contribution in [-0.4, -0.2) is 58.3 Å². The number of hydrogen-bond donors (Lipinski definition) is 0. The Morgan fingerprint density at radius 2 is 1.96 bits per heavy atom. The third kappa shape index (κ3) is 3.21. The zero-order valence-corrected chi connectivity index (χ0v) is 16.1. The molecule has 8 heteroatoms. The van der Waals surface area contributed by atoms with Crippen LogP contribution in [0.4, 0.5) is 5.69 Å². The molecule has 0 bridgehead atoms. The highest BCUT2D eigenvalue weighted by molar-refractivity contribution is 6.30. The van der Waals surface area contributed by atoms with Gasteiger partial charge in [0.25, 0.3) is 5.91 Å². The zero-order valence-electron chi connectivity index (χ0n) is 15.3. The maximum absolute atomic E-state index is 12.9. The summed E-state index contributed by atoms with van der Waals surface area (Å²) in [5, 5.41) is 4.82. The first kappa shape index (κ1) is 17.5. The number of ether oxygens (including phenoxy) is 1. The molecule has 1 fully saturated rings. The molecule has 3 aromatic rings. The van der Waals surface area contributed by atoms with Gasteiger partial charge in [0.15, 0.2) is 11.3 Å². The standard InChI is InChI=1S/C20H20ClN5O2/c21-16-11-22-19-10-18(23-26(19)13-16)20(27)25-4-3-14-9-17(2-1-15(14)12-25)24-5-7-28-8-6-24/h1-2,9-11,13H,3-8,12H2. The van der Waals surface area contributed by atoms with E-state index in [0.29, 0.717) is 29.5 Å². The first-order valence-electron chi connectivity index (χ1n) is 9.42. The van der Waals surface area contributed by atoms with Crippen molar-refractivity contribution in [2.24, 2.45) is 0 Å². The Morgan fingerprint density at radius 3 is 2.82 bits per heavy atom. The van der Waals surface area contributed by atoms with E-state index in [1.54, 1.807) is 23.0 Å². The van der Waals surface area contributed by atoms with Crippen LogP contribution < -0.4 is 4.90 Å². The van der Waals surface area contributed by atoms with Gasteiger partial charge in [0.1, 0.15) is 0 Å². The van der Waals surface area contributed by atoms with Crippen LogP contribution in [-0.2, 0) is 17.7 Å². The molecule has 0 saturated carbocycles. The second-order valence-corrected chi connectivity index (χ2v) is 7.57. The van der Waals surface area contributed by atoms with Crippen LogP contribution >= 0.6 is 11.6 Å². The van der Waals surface area contributed by atoms with E-state index in [1.807, 2.05) is 4.90 Å². The molecule has 144 valence electrons. The molecule has 2 aromatic heterocycles. The van der Waals surface area contributed by atoms with Gasteiger partial charge in [0, 0.05) is 44.1 Å². The Kier molecular flexibility index (Phi) is 4.41. The van der Waals surface area contributed by atoms with E-state index in [4.69, 9.17) is 16.3 Å². The van der Waals surface area contributed by atoms with E-state index in [-0.39, 0.29) is 5.91 Å². The van der Waals surface area contributed by atoms with Crippen LogP contribution in [0.15, 0.2) is 36.7 Å². The topological polar surface area (TPSA) is 63.0 Å². The molecule has 0 spiro atoms. The normalized spacial score (nSPS) is 17.0. The Hall–Kier alpha value is -2.64. The summed E-state index contributed by atoms with van der Waals surface area (Å²) in [6.45, 7) is 4.68. The number of benzene rings is 1. The molecule has 0 unspecified atom stereocenters. The molecule has 5 rings (SSSR count). The van der Waals surface area contributed by atoms with Crippen LogP contribution in [0.1, 0.15) is 21.6 Å². The quantitative estimate of drug-likeness (QED) is 0.664. The lowest BCUT2D eigenvalue weighted by molar-refractivity contribution is 0.0728. The molecule has 1 saturated heterocycles. The number of carbonyl (C=O) groups is 1. The number of morpholine rings is 1. The van der Waals surface area contributed by atoms with Crippen LogP contribution in [0.5, 0.6) is 0 Å². The van der Waals surface area contributed by atoms with Crippen molar-refractivity contribution in [1.82, 2.24) is 19.5 Å². The molecule has 2 aliphatic rings. The molecule has 0 atom stereocenters. The van der Waals surface area contributed by atoms with E-state index >= 15 is 0 Å². The largest absolute Gasteiger partial charge is 0.378 e. The molecule has 1 aromatic carbocycles. The number of anilines is 1. The van der Waals surface area contributed by atoms with Gasteiger partial charge in [-0.2, -0.15) is 5.10 Å². The van der Waals surface area contributed by atoms with Gasteiger partial charge in [-0.1, -0.05) is 17.7 Å². The van der Waals surface area contributed by atoms with Crippen molar-refractivity contribution in [2.45, 2.75) is 13.0 Å². The second-order valence-electron chi connectivity index (χ2n) is 7.13. The van der Waals surface area contributed by atoms with E-state index < -0.39 is 0 Å². The second kappa shape index (κ2) is 7.07. The number of hydrogen-bond acceptors (Lipinski definition) is 5.